The van der Waals surface area contributed by atoms with Gasteiger partial charge in [0, 0.05) is 19.4 Å². The molecule has 4 atom stereocenters. The summed E-state index contributed by atoms with van der Waals surface area (Å²) in [6.45, 7) is 2.19. The minimum absolute atomic E-state index is 0.439. The summed E-state index contributed by atoms with van der Waals surface area (Å²) in [5.74, 6) is 2.50. The predicted octanol–water partition coefficient (Wildman–Crippen LogP) is 3.98. The van der Waals surface area contributed by atoms with Gasteiger partial charge in [-0.2, -0.15) is 0 Å². The summed E-state index contributed by atoms with van der Waals surface area (Å²) in [6, 6.07) is 0. The van der Waals surface area contributed by atoms with Crippen LogP contribution < -0.4 is 0 Å². The third-order valence-corrected chi connectivity index (χ3v) is 5.19. The zero-order chi connectivity index (χ0) is 13.0. The minimum Gasteiger partial charge on any atom is -0.381 e. The Morgan fingerprint density at radius 3 is 2.89 bits per heavy atom. The molecule has 0 N–H and O–H groups in total. The molecule has 0 saturated heterocycles. The third-order valence-electron chi connectivity index (χ3n) is 5.19. The second-order valence-corrected chi connectivity index (χ2v) is 6.18. The van der Waals surface area contributed by atoms with Crippen LogP contribution >= 0.6 is 0 Å². The Labute approximate surface area is 111 Å². The standard InChI is InChI=1S/C16H28O2/c1-3-13(18-2)8-5-4-7-12-11-16(17)15-10-6-9-14(12)15/h12-15H,3-11H2,1-2H3. The van der Waals surface area contributed by atoms with Gasteiger partial charge in [0.05, 0.1) is 6.10 Å². The Bertz CT molecular complexity index is 270. The number of Topliss-reactive ketones (excluding diaryl/α,β-unsaturated/α-hetero) is 1. The molecule has 4 unspecified atom stereocenters. The second-order valence-electron chi connectivity index (χ2n) is 6.18. The highest BCUT2D eigenvalue weighted by atomic mass is 16.5. The van der Waals surface area contributed by atoms with Gasteiger partial charge in [0.2, 0.25) is 0 Å². The molecule has 0 aliphatic heterocycles. The Kier molecular flexibility index (Phi) is 5.23. The molecular weight excluding hydrogens is 224 g/mol. The summed E-state index contributed by atoms with van der Waals surface area (Å²) < 4.78 is 5.40. The van der Waals surface area contributed by atoms with Gasteiger partial charge in [-0.3, -0.25) is 4.79 Å². The van der Waals surface area contributed by atoms with Crippen LogP contribution in [0.5, 0.6) is 0 Å². The predicted molar refractivity (Wildman–Crippen MR) is 73.5 cm³/mol. The van der Waals surface area contributed by atoms with Crippen molar-refractivity contribution in [1.82, 2.24) is 0 Å². The number of methoxy groups -OCH3 is 1. The third kappa shape index (κ3) is 3.14. The van der Waals surface area contributed by atoms with E-state index >= 15 is 0 Å². The van der Waals surface area contributed by atoms with Crippen molar-refractivity contribution >= 4 is 5.78 Å². The SMILES string of the molecule is CCC(CCCCC1CC(=O)C2CCCC12)OC. The number of hydrogen-bond donors (Lipinski definition) is 0. The molecule has 2 fully saturated rings. The largest absolute Gasteiger partial charge is 0.381 e. The van der Waals surface area contributed by atoms with Gasteiger partial charge in [0.25, 0.3) is 0 Å². The number of unbranched alkanes of at least 4 members (excludes halogenated alkanes) is 1. The van der Waals surface area contributed by atoms with Crippen molar-refractivity contribution in [2.75, 3.05) is 7.11 Å². The highest BCUT2D eigenvalue weighted by molar-refractivity contribution is 5.84. The van der Waals surface area contributed by atoms with Crippen molar-refractivity contribution in [3.8, 4) is 0 Å². The summed E-state index contributed by atoms with van der Waals surface area (Å²) >= 11 is 0. The summed E-state index contributed by atoms with van der Waals surface area (Å²) in [5, 5.41) is 0. The molecule has 2 heteroatoms. The number of rotatable bonds is 7. The molecular formula is C16H28O2. The van der Waals surface area contributed by atoms with Gasteiger partial charge in [-0.25, -0.2) is 0 Å². The van der Waals surface area contributed by atoms with E-state index in [2.05, 4.69) is 6.92 Å². The molecule has 18 heavy (non-hydrogen) atoms. The molecule has 0 radical (unpaired) electrons. The van der Waals surface area contributed by atoms with E-state index in [1.807, 2.05) is 7.11 Å². The van der Waals surface area contributed by atoms with E-state index in [9.17, 15) is 4.79 Å². The van der Waals surface area contributed by atoms with Gasteiger partial charge < -0.3 is 4.74 Å². The van der Waals surface area contributed by atoms with E-state index in [0.717, 1.165) is 18.8 Å². The lowest BCUT2D eigenvalue weighted by Gasteiger charge is -2.18. The van der Waals surface area contributed by atoms with Crippen LogP contribution in [0.25, 0.3) is 0 Å². The van der Waals surface area contributed by atoms with Crippen LogP contribution in [0.1, 0.15) is 64.7 Å². The number of carbonyl (C=O) groups is 1. The average molecular weight is 252 g/mol. The lowest BCUT2D eigenvalue weighted by Crippen LogP contribution is -2.11. The summed E-state index contributed by atoms with van der Waals surface area (Å²) in [5.41, 5.74) is 0. The van der Waals surface area contributed by atoms with Crippen LogP contribution in [-0.2, 0) is 9.53 Å². The first kappa shape index (κ1) is 14.0. The van der Waals surface area contributed by atoms with Gasteiger partial charge in [-0.05, 0) is 43.9 Å². The van der Waals surface area contributed by atoms with Gasteiger partial charge >= 0.3 is 0 Å². The van der Waals surface area contributed by atoms with Crippen molar-refractivity contribution in [1.29, 1.82) is 0 Å². The van der Waals surface area contributed by atoms with Crippen LogP contribution in [0.4, 0.5) is 0 Å². The number of hydrogen-bond acceptors (Lipinski definition) is 2. The molecule has 0 bridgehead atoms. The fourth-order valence-corrected chi connectivity index (χ4v) is 4.10. The van der Waals surface area contributed by atoms with E-state index < -0.39 is 0 Å². The van der Waals surface area contributed by atoms with E-state index in [1.165, 1.54) is 44.9 Å². The molecule has 104 valence electrons. The molecule has 2 nitrogen and oxygen atoms in total. The smallest absolute Gasteiger partial charge is 0.136 e. The molecule has 2 rings (SSSR count). The highest BCUT2D eigenvalue weighted by Gasteiger charge is 2.44. The first-order chi connectivity index (χ1) is 8.76. The quantitative estimate of drug-likeness (QED) is 0.641. The van der Waals surface area contributed by atoms with Crippen molar-refractivity contribution in [3.63, 3.8) is 0 Å². The van der Waals surface area contributed by atoms with Gasteiger partial charge in [0.15, 0.2) is 0 Å². The van der Waals surface area contributed by atoms with Gasteiger partial charge in [-0.15, -0.1) is 0 Å². The molecule has 2 aliphatic rings. The molecule has 0 aromatic rings. The van der Waals surface area contributed by atoms with Crippen molar-refractivity contribution in [3.05, 3.63) is 0 Å². The summed E-state index contributed by atoms with van der Waals surface area (Å²) in [6.07, 6.45) is 11.2. The van der Waals surface area contributed by atoms with E-state index in [-0.39, 0.29) is 0 Å². The Morgan fingerprint density at radius 1 is 1.33 bits per heavy atom. The summed E-state index contributed by atoms with van der Waals surface area (Å²) in [4.78, 5) is 11.9. The number of carbonyl (C=O) groups excluding carboxylic acids is 1. The Morgan fingerprint density at radius 2 is 2.17 bits per heavy atom. The monoisotopic (exact) mass is 252 g/mol. The van der Waals surface area contributed by atoms with Crippen LogP contribution in [-0.4, -0.2) is 19.0 Å². The van der Waals surface area contributed by atoms with Crippen molar-refractivity contribution < 1.29 is 9.53 Å². The normalized spacial score (nSPS) is 32.8. The Balaban J connectivity index is 1.66. The Hall–Kier alpha value is -0.370. The maximum absolute atomic E-state index is 11.9. The van der Waals surface area contributed by atoms with E-state index in [1.54, 1.807) is 0 Å². The van der Waals surface area contributed by atoms with E-state index in [4.69, 9.17) is 4.74 Å². The number of fused-ring (bicyclic) bond motifs is 1. The molecule has 0 aromatic carbocycles. The number of ketones is 1. The van der Waals surface area contributed by atoms with Crippen LogP contribution in [0, 0.1) is 17.8 Å². The molecule has 0 aromatic heterocycles. The maximum atomic E-state index is 11.9. The van der Waals surface area contributed by atoms with Crippen LogP contribution in [0.3, 0.4) is 0 Å². The fourth-order valence-electron chi connectivity index (χ4n) is 4.10. The first-order valence-electron chi connectivity index (χ1n) is 7.81. The van der Waals surface area contributed by atoms with Crippen molar-refractivity contribution in [2.45, 2.75) is 70.8 Å². The van der Waals surface area contributed by atoms with Gasteiger partial charge in [-0.1, -0.05) is 26.2 Å². The molecule has 2 aliphatic carbocycles. The lowest BCUT2D eigenvalue weighted by molar-refractivity contribution is -0.121. The molecule has 0 spiro atoms. The zero-order valence-electron chi connectivity index (χ0n) is 12.0. The van der Waals surface area contributed by atoms with Gasteiger partial charge in [0.1, 0.15) is 5.78 Å². The average Bonchev–Trinajstić information content (AvgIpc) is 2.95. The first-order valence-corrected chi connectivity index (χ1v) is 7.81. The zero-order valence-corrected chi connectivity index (χ0v) is 12.0. The highest BCUT2D eigenvalue weighted by Crippen LogP contribution is 2.47. The summed E-state index contributed by atoms with van der Waals surface area (Å²) in [7, 11) is 1.81. The topological polar surface area (TPSA) is 26.3 Å². The maximum Gasteiger partial charge on any atom is 0.136 e. The van der Waals surface area contributed by atoms with E-state index in [0.29, 0.717) is 23.7 Å². The minimum atomic E-state index is 0.439. The lowest BCUT2D eigenvalue weighted by atomic mass is 9.88. The fraction of sp³-hybridized carbons (Fsp3) is 0.938. The van der Waals surface area contributed by atoms with Crippen molar-refractivity contribution in [2.24, 2.45) is 17.8 Å². The van der Waals surface area contributed by atoms with Crippen LogP contribution in [0.15, 0.2) is 0 Å². The molecule has 0 amide bonds. The second kappa shape index (κ2) is 6.70. The van der Waals surface area contributed by atoms with Crippen LogP contribution in [0.2, 0.25) is 0 Å². The number of ether oxygens (including phenoxy) is 1. The molecule has 0 heterocycles. The molecule has 2 saturated carbocycles.